The highest BCUT2D eigenvalue weighted by atomic mass is 79.9. The second kappa shape index (κ2) is 7.20. The van der Waals surface area contributed by atoms with E-state index in [-0.39, 0.29) is 35.1 Å². The van der Waals surface area contributed by atoms with Crippen LogP contribution in [0.15, 0.2) is 28.9 Å². The minimum Gasteiger partial charge on any atom is -0.464 e. The molecule has 0 spiro atoms. The van der Waals surface area contributed by atoms with Crippen molar-refractivity contribution in [3.63, 3.8) is 0 Å². The Balaban J connectivity index is 2.50. The molecule has 0 atom stereocenters. The number of aryl methyl sites for hydroxylation is 1. The number of hydrogen-bond donors (Lipinski definition) is 0. The molecule has 0 N–H and O–H groups in total. The van der Waals surface area contributed by atoms with E-state index in [1.807, 2.05) is 0 Å². The predicted molar refractivity (Wildman–Crippen MR) is 93.7 cm³/mol. The number of carbonyl (C=O) groups excluding carboxylic acids is 1. The molecule has 1 heterocycles. The number of ketones is 1. The van der Waals surface area contributed by atoms with Gasteiger partial charge in [0.05, 0.1) is 11.9 Å². The van der Waals surface area contributed by atoms with Gasteiger partial charge in [0.25, 0.3) is 0 Å². The summed E-state index contributed by atoms with van der Waals surface area (Å²) in [5.74, 6) is 1.96. The molecular formula is C16H15BrN2O4S. The first-order valence-electron chi connectivity index (χ1n) is 6.82. The Kier molecular flexibility index (Phi) is 5.47. The van der Waals surface area contributed by atoms with Gasteiger partial charge in [0.1, 0.15) is 5.56 Å². The smallest absolute Gasteiger partial charge is 0.224 e. The first-order chi connectivity index (χ1) is 11.2. The molecule has 0 amide bonds. The monoisotopic (exact) mass is 410 g/mol. The maximum Gasteiger partial charge on any atom is 0.224 e. The van der Waals surface area contributed by atoms with E-state index in [2.05, 4.69) is 26.9 Å². The molecule has 1 aromatic carbocycles. The Hall–Kier alpha value is -2.11. The molecule has 0 saturated heterocycles. The standard InChI is InChI=1S/C16H15BrN2O4S/c1-4-7-23-16-14(9-18-19(16)2)15(20)13-6-5-12(17)8-11(13)10-24(3,21)22/h1,5-6,8-9H,7,10H2,2-3H3. The van der Waals surface area contributed by atoms with Crippen LogP contribution in [0.2, 0.25) is 0 Å². The maximum atomic E-state index is 12.9. The average molecular weight is 411 g/mol. The lowest BCUT2D eigenvalue weighted by molar-refractivity contribution is 0.103. The molecule has 0 fully saturated rings. The molecule has 126 valence electrons. The third-order valence-corrected chi connectivity index (χ3v) is 4.48. The molecule has 0 aliphatic carbocycles. The number of rotatable bonds is 6. The highest BCUT2D eigenvalue weighted by Crippen LogP contribution is 2.25. The highest BCUT2D eigenvalue weighted by Gasteiger charge is 2.23. The molecule has 0 unspecified atom stereocenters. The Labute approximate surface area is 148 Å². The van der Waals surface area contributed by atoms with Crippen molar-refractivity contribution in [1.82, 2.24) is 9.78 Å². The number of ether oxygens (including phenoxy) is 1. The van der Waals surface area contributed by atoms with E-state index in [1.54, 1.807) is 25.2 Å². The summed E-state index contributed by atoms with van der Waals surface area (Å²) >= 11 is 3.29. The zero-order valence-electron chi connectivity index (χ0n) is 13.1. The minimum atomic E-state index is -3.30. The van der Waals surface area contributed by atoms with Crippen LogP contribution in [0.4, 0.5) is 0 Å². The second-order valence-corrected chi connectivity index (χ2v) is 8.24. The first-order valence-corrected chi connectivity index (χ1v) is 9.67. The summed E-state index contributed by atoms with van der Waals surface area (Å²) in [5.41, 5.74) is 0.913. The number of sulfone groups is 1. The summed E-state index contributed by atoms with van der Waals surface area (Å²) in [6, 6.07) is 4.87. The van der Waals surface area contributed by atoms with Gasteiger partial charge in [-0.25, -0.2) is 13.1 Å². The third kappa shape index (κ3) is 4.24. The Morgan fingerprint density at radius 1 is 1.42 bits per heavy atom. The van der Waals surface area contributed by atoms with E-state index >= 15 is 0 Å². The van der Waals surface area contributed by atoms with E-state index in [1.165, 1.54) is 10.9 Å². The molecule has 2 aromatic rings. The largest absolute Gasteiger partial charge is 0.464 e. The minimum absolute atomic E-state index is 0.00362. The Bertz CT molecular complexity index is 926. The number of benzene rings is 1. The number of nitrogens with zero attached hydrogens (tertiary/aromatic N) is 2. The van der Waals surface area contributed by atoms with Crippen LogP contribution in [0.25, 0.3) is 0 Å². The predicted octanol–water partition coefficient (Wildman–Crippen LogP) is 1.97. The summed E-state index contributed by atoms with van der Waals surface area (Å²) in [6.07, 6.45) is 7.68. The SMILES string of the molecule is C#CCOc1c(C(=O)c2ccc(Br)cc2CS(C)(=O)=O)cnn1C. The molecule has 0 saturated carbocycles. The molecular weight excluding hydrogens is 396 g/mol. The zero-order chi connectivity index (χ0) is 17.9. The van der Waals surface area contributed by atoms with E-state index in [4.69, 9.17) is 11.2 Å². The number of terminal acetylenes is 1. The molecule has 0 bridgehead atoms. The van der Waals surface area contributed by atoms with Gasteiger partial charge < -0.3 is 4.74 Å². The Morgan fingerprint density at radius 2 is 2.12 bits per heavy atom. The molecule has 6 nitrogen and oxygen atoms in total. The van der Waals surface area contributed by atoms with Crippen LogP contribution in [0.3, 0.4) is 0 Å². The quantitative estimate of drug-likeness (QED) is 0.537. The number of carbonyl (C=O) groups is 1. The number of halogens is 1. The number of aromatic nitrogens is 2. The molecule has 0 radical (unpaired) electrons. The summed E-state index contributed by atoms with van der Waals surface area (Å²) < 4.78 is 30.8. The van der Waals surface area contributed by atoms with Crippen LogP contribution in [0, 0.1) is 12.3 Å². The topological polar surface area (TPSA) is 78.3 Å². The molecule has 8 heteroatoms. The van der Waals surface area contributed by atoms with Gasteiger partial charge in [-0.2, -0.15) is 5.10 Å². The van der Waals surface area contributed by atoms with Gasteiger partial charge in [-0.3, -0.25) is 4.79 Å². The fraction of sp³-hybridized carbons (Fsp3) is 0.250. The van der Waals surface area contributed by atoms with E-state index < -0.39 is 9.84 Å². The maximum absolute atomic E-state index is 12.9. The summed E-state index contributed by atoms with van der Waals surface area (Å²) in [7, 11) is -1.68. The van der Waals surface area contributed by atoms with Gasteiger partial charge in [0.2, 0.25) is 5.88 Å². The van der Waals surface area contributed by atoms with Crippen LogP contribution in [-0.2, 0) is 22.6 Å². The van der Waals surface area contributed by atoms with Gasteiger partial charge >= 0.3 is 0 Å². The van der Waals surface area contributed by atoms with Crippen molar-refractivity contribution in [2.75, 3.05) is 12.9 Å². The fourth-order valence-electron chi connectivity index (χ4n) is 2.19. The van der Waals surface area contributed by atoms with Gasteiger partial charge in [-0.05, 0) is 23.8 Å². The number of hydrogen-bond acceptors (Lipinski definition) is 5. The molecule has 0 aliphatic rings. The first kappa shape index (κ1) is 18.2. The van der Waals surface area contributed by atoms with E-state index in [0.717, 1.165) is 6.26 Å². The molecule has 0 aliphatic heterocycles. The molecule has 24 heavy (non-hydrogen) atoms. The lowest BCUT2D eigenvalue weighted by Gasteiger charge is -2.10. The lowest BCUT2D eigenvalue weighted by atomic mass is 10.0. The molecule has 2 rings (SSSR count). The van der Waals surface area contributed by atoms with Crippen molar-refractivity contribution in [3.8, 4) is 18.2 Å². The van der Waals surface area contributed by atoms with Gasteiger partial charge in [-0.15, -0.1) is 6.42 Å². The van der Waals surface area contributed by atoms with Crippen molar-refractivity contribution >= 4 is 31.6 Å². The van der Waals surface area contributed by atoms with Crippen molar-refractivity contribution in [1.29, 1.82) is 0 Å². The molecule has 1 aromatic heterocycles. The van der Waals surface area contributed by atoms with Crippen LogP contribution in [0.1, 0.15) is 21.5 Å². The van der Waals surface area contributed by atoms with Crippen LogP contribution in [0.5, 0.6) is 5.88 Å². The normalized spacial score (nSPS) is 11.1. The van der Waals surface area contributed by atoms with E-state index in [9.17, 15) is 13.2 Å². The van der Waals surface area contributed by atoms with Crippen molar-refractivity contribution in [2.24, 2.45) is 7.05 Å². The third-order valence-electron chi connectivity index (χ3n) is 3.15. The van der Waals surface area contributed by atoms with Gasteiger partial charge in [0, 0.05) is 23.3 Å². The van der Waals surface area contributed by atoms with E-state index in [0.29, 0.717) is 10.0 Å². The Morgan fingerprint density at radius 3 is 2.75 bits per heavy atom. The average Bonchev–Trinajstić information content (AvgIpc) is 2.84. The highest BCUT2D eigenvalue weighted by molar-refractivity contribution is 9.10. The van der Waals surface area contributed by atoms with Crippen molar-refractivity contribution < 1.29 is 17.9 Å². The van der Waals surface area contributed by atoms with Crippen molar-refractivity contribution in [3.05, 3.63) is 45.6 Å². The zero-order valence-corrected chi connectivity index (χ0v) is 15.5. The summed E-state index contributed by atoms with van der Waals surface area (Å²) in [4.78, 5) is 12.9. The van der Waals surface area contributed by atoms with Crippen LogP contribution < -0.4 is 4.74 Å². The van der Waals surface area contributed by atoms with Crippen LogP contribution in [-0.4, -0.2) is 36.8 Å². The fourth-order valence-corrected chi connectivity index (χ4v) is 3.41. The van der Waals surface area contributed by atoms with Crippen molar-refractivity contribution in [2.45, 2.75) is 5.75 Å². The summed E-state index contributed by atoms with van der Waals surface area (Å²) in [6.45, 7) is -0.00362. The summed E-state index contributed by atoms with van der Waals surface area (Å²) in [5, 5.41) is 4.01. The van der Waals surface area contributed by atoms with Gasteiger partial charge in [-0.1, -0.05) is 21.9 Å². The van der Waals surface area contributed by atoms with Gasteiger partial charge in [0.15, 0.2) is 22.2 Å². The second-order valence-electron chi connectivity index (χ2n) is 5.18. The lowest BCUT2D eigenvalue weighted by Crippen LogP contribution is -2.11. The van der Waals surface area contributed by atoms with Crippen LogP contribution >= 0.6 is 15.9 Å².